The van der Waals surface area contributed by atoms with Crippen LogP contribution in [0.3, 0.4) is 0 Å². The maximum absolute atomic E-state index is 15.2. The van der Waals surface area contributed by atoms with Crippen molar-refractivity contribution in [3.8, 4) is 11.5 Å². The second kappa shape index (κ2) is 10.8. The molecule has 3 N–H and O–H groups in total. The number of halogens is 4. The molecule has 43 heavy (non-hydrogen) atoms. The highest BCUT2D eigenvalue weighted by atomic mass is 19.4. The van der Waals surface area contributed by atoms with Gasteiger partial charge in [0.15, 0.2) is 5.60 Å². The number of rotatable bonds is 7. The summed E-state index contributed by atoms with van der Waals surface area (Å²) in [5.41, 5.74) is -1.05. The summed E-state index contributed by atoms with van der Waals surface area (Å²) in [6, 6.07) is 7.12. The normalized spacial score (nSPS) is 17.0. The molecule has 5 heterocycles. The van der Waals surface area contributed by atoms with Crippen molar-refractivity contribution in [1.29, 1.82) is 0 Å². The number of nitrogens with zero attached hydrogens (tertiary/aromatic N) is 5. The number of nitrogens with one attached hydrogen (secondary N) is 2. The predicted octanol–water partition coefficient (Wildman–Crippen LogP) is 5.03. The molecule has 2 fully saturated rings. The third-order valence-corrected chi connectivity index (χ3v) is 7.82. The molecule has 10 nitrogen and oxygen atoms in total. The van der Waals surface area contributed by atoms with E-state index in [1.54, 1.807) is 11.0 Å². The Hall–Kier alpha value is -4.72. The number of ether oxygens (including phenoxy) is 1. The van der Waals surface area contributed by atoms with E-state index in [2.05, 4.69) is 31.8 Å². The first-order chi connectivity index (χ1) is 20.5. The third-order valence-electron chi connectivity index (χ3n) is 7.82. The largest absolute Gasteiger partial charge is 0.457 e. The van der Waals surface area contributed by atoms with Crippen LogP contribution in [0.5, 0.6) is 11.5 Å². The number of carbonyl (C=O) groups is 1. The molecular formula is C29H27F4N7O3. The minimum atomic E-state index is -4.74. The van der Waals surface area contributed by atoms with Gasteiger partial charge in [-0.1, -0.05) is 6.58 Å². The number of hydrogen-bond acceptors (Lipinski definition) is 8. The number of fused-ring (bicyclic) bond motifs is 1. The minimum Gasteiger partial charge on any atom is -0.457 e. The Kier molecular flexibility index (Phi) is 7.16. The summed E-state index contributed by atoms with van der Waals surface area (Å²) in [6.07, 6.45) is 2.68. The van der Waals surface area contributed by atoms with Crippen LogP contribution in [0.2, 0.25) is 0 Å². The number of β-amino-alcohol motifs (C(OH)–C–C–N with tert-alkyl or cyclic N) is 1. The number of hydrogen-bond donors (Lipinski definition) is 3. The lowest BCUT2D eigenvalue weighted by atomic mass is 9.89. The lowest BCUT2D eigenvalue weighted by Gasteiger charge is -2.47. The van der Waals surface area contributed by atoms with Crippen molar-refractivity contribution < 1.29 is 32.2 Å². The summed E-state index contributed by atoms with van der Waals surface area (Å²) in [4.78, 5) is 30.9. The van der Waals surface area contributed by atoms with Gasteiger partial charge >= 0.3 is 6.18 Å². The quantitative estimate of drug-likeness (QED) is 0.201. The van der Waals surface area contributed by atoms with E-state index in [4.69, 9.17) is 4.74 Å². The molecular weight excluding hydrogens is 570 g/mol. The smallest absolute Gasteiger partial charge is 0.420 e. The number of alkyl halides is 3. The van der Waals surface area contributed by atoms with E-state index in [1.165, 1.54) is 47.8 Å². The van der Waals surface area contributed by atoms with Crippen molar-refractivity contribution >= 4 is 34.3 Å². The molecule has 4 aromatic rings. The van der Waals surface area contributed by atoms with Gasteiger partial charge in [-0.2, -0.15) is 13.2 Å². The van der Waals surface area contributed by atoms with E-state index in [0.717, 1.165) is 23.8 Å². The summed E-state index contributed by atoms with van der Waals surface area (Å²) in [5, 5.41) is 13.5. The lowest BCUT2D eigenvalue weighted by molar-refractivity contribution is -0.267. The van der Waals surface area contributed by atoms with E-state index in [0.29, 0.717) is 24.6 Å². The van der Waals surface area contributed by atoms with Crippen LogP contribution in [0.4, 0.5) is 34.9 Å². The Morgan fingerprint density at radius 1 is 1.14 bits per heavy atom. The number of H-pyrrole nitrogens is 1. The molecule has 0 spiro atoms. The summed E-state index contributed by atoms with van der Waals surface area (Å²) in [6.45, 7) is 3.46. The predicted molar refractivity (Wildman–Crippen MR) is 150 cm³/mol. The summed E-state index contributed by atoms with van der Waals surface area (Å²) >= 11 is 0. The summed E-state index contributed by atoms with van der Waals surface area (Å²) in [7, 11) is 0. The van der Waals surface area contributed by atoms with E-state index < -0.39 is 30.7 Å². The Labute approximate surface area is 243 Å². The standard InChI is InChI=1S/C29H27F4N7O3/c1-2-24(41)39-9-6-17(7-10-39)20-13-35-26-25(20)27(37-16-36-26)38-22-4-3-18(11-21(22)30)43-19-5-8-34-23(12-19)40-14-28(42,15-40)29(31,32)33/h2-5,8,11-13,16-17,42H,1,6-7,9-10,14-15H2,(H2,35,36,37,38). The van der Waals surface area contributed by atoms with Gasteiger partial charge < -0.3 is 29.9 Å². The molecule has 3 aromatic heterocycles. The van der Waals surface area contributed by atoms with Crippen molar-refractivity contribution in [2.75, 3.05) is 36.4 Å². The van der Waals surface area contributed by atoms with Gasteiger partial charge in [-0.05, 0) is 48.6 Å². The molecule has 2 saturated heterocycles. The third kappa shape index (κ3) is 5.45. The first kappa shape index (κ1) is 28.4. The van der Waals surface area contributed by atoms with Crippen LogP contribution in [-0.4, -0.2) is 73.8 Å². The number of carbonyl (C=O) groups excluding carboxylic acids is 1. The Morgan fingerprint density at radius 3 is 2.58 bits per heavy atom. The molecule has 0 atom stereocenters. The maximum atomic E-state index is 15.2. The highest BCUT2D eigenvalue weighted by molar-refractivity contribution is 5.92. The molecule has 2 aliphatic heterocycles. The molecule has 14 heteroatoms. The zero-order valence-corrected chi connectivity index (χ0v) is 22.7. The highest BCUT2D eigenvalue weighted by Crippen LogP contribution is 2.40. The van der Waals surface area contributed by atoms with Crippen LogP contribution in [0.25, 0.3) is 11.0 Å². The number of piperidine rings is 1. The SMILES string of the molecule is C=CC(=O)N1CCC(c2c[nH]c3ncnc(Nc4ccc(Oc5ccnc(N6CC(O)(C(F)(F)F)C6)c5)cc4F)c23)CC1. The molecule has 0 aliphatic carbocycles. The van der Waals surface area contributed by atoms with Gasteiger partial charge in [0.05, 0.1) is 24.2 Å². The van der Waals surface area contributed by atoms with Crippen molar-refractivity contribution in [1.82, 2.24) is 24.8 Å². The van der Waals surface area contributed by atoms with E-state index in [-0.39, 0.29) is 34.8 Å². The molecule has 224 valence electrons. The fourth-order valence-corrected chi connectivity index (χ4v) is 5.43. The zero-order chi connectivity index (χ0) is 30.4. The number of likely N-dealkylation sites (tertiary alicyclic amines) is 1. The molecule has 0 bridgehead atoms. The van der Waals surface area contributed by atoms with Gasteiger partial charge in [0.1, 0.15) is 40.9 Å². The molecule has 0 radical (unpaired) electrons. The average Bonchev–Trinajstić information content (AvgIpc) is 3.41. The first-order valence-corrected chi connectivity index (χ1v) is 13.5. The van der Waals surface area contributed by atoms with E-state index in [1.807, 2.05) is 6.20 Å². The molecule has 2 aliphatic rings. The molecule has 0 unspecified atom stereocenters. The Bertz CT molecular complexity index is 1680. The van der Waals surface area contributed by atoms with Crippen molar-refractivity contribution in [2.24, 2.45) is 0 Å². The monoisotopic (exact) mass is 597 g/mol. The van der Waals surface area contributed by atoms with Crippen LogP contribution >= 0.6 is 0 Å². The van der Waals surface area contributed by atoms with Crippen LogP contribution in [-0.2, 0) is 4.79 Å². The van der Waals surface area contributed by atoms with Gasteiger partial charge in [-0.3, -0.25) is 4.79 Å². The topological polar surface area (TPSA) is 120 Å². The highest BCUT2D eigenvalue weighted by Gasteiger charge is 2.61. The maximum Gasteiger partial charge on any atom is 0.420 e. The summed E-state index contributed by atoms with van der Waals surface area (Å²) < 4.78 is 59.9. The van der Waals surface area contributed by atoms with Crippen molar-refractivity contribution in [3.63, 3.8) is 0 Å². The van der Waals surface area contributed by atoms with Gasteiger partial charge in [-0.15, -0.1) is 0 Å². The minimum absolute atomic E-state index is 0.0924. The first-order valence-electron chi connectivity index (χ1n) is 13.5. The Morgan fingerprint density at radius 2 is 1.88 bits per heavy atom. The van der Waals surface area contributed by atoms with Crippen molar-refractivity contribution in [2.45, 2.75) is 30.5 Å². The fourth-order valence-electron chi connectivity index (χ4n) is 5.43. The zero-order valence-electron chi connectivity index (χ0n) is 22.7. The number of aromatic amines is 1. The van der Waals surface area contributed by atoms with Crippen molar-refractivity contribution in [3.05, 3.63) is 73.1 Å². The number of aromatic nitrogens is 4. The van der Waals surface area contributed by atoms with E-state index in [9.17, 15) is 23.1 Å². The molecule has 0 saturated carbocycles. The average molecular weight is 598 g/mol. The second-order valence-corrected chi connectivity index (χ2v) is 10.6. The van der Waals surface area contributed by atoms with Gasteiger partial charge in [0.25, 0.3) is 0 Å². The second-order valence-electron chi connectivity index (χ2n) is 10.6. The lowest BCUT2D eigenvalue weighted by Crippen LogP contribution is -2.69. The molecule has 1 aromatic carbocycles. The van der Waals surface area contributed by atoms with Crippen LogP contribution in [0.1, 0.15) is 24.3 Å². The number of pyridine rings is 1. The number of aliphatic hydroxyl groups is 1. The Balaban J connectivity index is 1.16. The number of benzene rings is 1. The van der Waals surface area contributed by atoms with E-state index >= 15 is 4.39 Å². The molecule has 6 rings (SSSR count). The van der Waals surface area contributed by atoms with Crippen LogP contribution < -0.4 is 15.0 Å². The van der Waals surface area contributed by atoms with Gasteiger partial charge in [0, 0.05) is 37.6 Å². The van der Waals surface area contributed by atoms with Gasteiger partial charge in [-0.25, -0.2) is 19.3 Å². The fraction of sp³-hybridized carbons (Fsp3) is 0.310. The number of amides is 1. The van der Waals surface area contributed by atoms with Crippen LogP contribution in [0.15, 0.2) is 61.7 Å². The number of anilines is 3. The summed E-state index contributed by atoms with van der Waals surface area (Å²) in [5.74, 6) is 0.451. The van der Waals surface area contributed by atoms with Crippen LogP contribution in [0, 0.1) is 5.82 Å². The molecule has 1 amide bonds. The van der Waals surface area contributed by atoms with Gasteiger partial charge in [0.2, 0.25) is 5.91 Å².